The predicted molar refractivity (Wildman–Crippen MR) is 56.1 cm³/mol. The fourth-order valence-corrected chi connectivity index (χ4v) is 1.57. The summed E-state index contributed by atoms with van der Waals surface area (Å²) < 4.78 is 0. The molecular formula is C10H15N3O. The Hall–Kier alpha value is -1.29. The number of pyridine rings is 1. The smallest absolute Gasteiger partial charge is 0.130 e. The summed E-state index contributed by atoms with van der Waals surface area (Å²) in [7, 11) is 0. The highest BCUT2D eigenvalue weighted by Gasteiger charge is 2.29. The average Bonchev–Trinajstić information content (AvgIpc) is 2.97. The standard InChI is InChI=1S/C10H15N3O/c11-8-3-4-12-10(7-8)13(5-6-14)9-1-2-9/h3-4,7,9,14H,1-2,5-6H2,(H2,11,12). The number of hydrogen-bond donors (Lipinski definition) is 2. The van der Waals surface area contributed by atoms with Gasteiger partial charge in [0.15, 0.2) is 0 Å². The Bertz CT molecular complexity index is 312. The predicted octanol–water partition coefficient (Wildman–Crippen LogP) is 0.625. The van der Waals surface area contributed by atoms with E-state index < -0.39 is 0 Å². The summed E-state index contributed by atoms with van der Waals surface area (Å²) in [5.41, 5.74) is 6.40. The maximum absolute atomic E-state index is 8.94. The Balaban J connectivity index is 2.16. The van der Waals surface area contributed by atoms with Gasteiger partial charge < -0.3 is 15.7 Å². The first-order valence-electron chi connectivity index (χ1n) is 4.90. The van der Waals surface area contributed by atoms with Crippen LogP contribution in [0.5, 0.6) is 0 Å². The van der Waals surface area contributed by atoms with Crippen molar-refractivity contribution in [3.63, 3.8) is 0 Å². The van der Waals surface area contributed by atoms with Crippen LogP contribution in [0.4, 0.5) is 11.5 Å². The minimum absolute atomic E-state index is 0.160. The van der Waals surface area contributed by atoms with Crippen LogP contribution in [0.1, 0.15) is 12.8 Å². The summed E-state index contributed by atoms with van der Waals surface area (Å²) in [5.74, 6) is 0.876. The van der Waals surface area contributed by atoms with Gasteiger partial charge in [-0.05, 0) is 18.9 Å². The van der Waals surface area contributed by atoms with Crippen molar-refractivity contribution in [2.75, 3.05) is 23.8 Å². The molecule has 76 valence electrons. The molecular weight excluding hydrogens is 178 g/mol. The van der Waals surface area contributed by atoms with Crippen LogP contribution in [0.3, 0.4) is 0 Å². The van der Waals surface area contributed by atoms with Gasteiger partial charge >= 0.3 is 0 Å². The fourth-order valence-electron chi connectivity index (χ4n) is 1.57. The molecule has 1 aromatic heterocycles. The van der Waals surface area contributed by atoms with Crippen LogP contribution in [0, 0.1) is 0 Å². The van der Waals surface area contributed by atoms with Gasteiger partial charge in [0.05, 0.1) is 6.61 Å². The highest BCUT2D eigenvalue weighted by atomic mass is 16.3. The second-order valence-corrected chi connectivity index (χ2v) is 3.60. The van der Waals surface area contributed by atoms with Gasteiger partial charge in [-0.3, -0.25) is 0 Å². The van der Waals surface area contributed by atoms with Gasteiger partial charge in [-0.2, -0.15) is 0 Å². The SMILES string of the molecule is Nc1ccnc(N(CCO)C2CC2)c1. The first-order chi connectivity index (χ1) is 6.81. The Kier molecular flexibility index (Phi) is 2.54. The van der Waals surface area contributed by atoms with Gasteiger partial charge in [0, 0.05) is 30.5 Å². The van der Waals surface area contributed by atoms with E-state index in [1.54, 1.807) is 12.3 Å². The number of rotatable bonds is 4. The molecule has 0 spiro atoms. The summed E-state index contributed by atoms with van der Waals surface area (Å²) in [4.78, 5) is 6.38. The lowest BCUT2D eigenvalue weighted by atomic mass is 10.3. The van der Waals surface area contributed by atoms with E-state index in [0.717, 1.165) is 11.5 Å². The molecule has 0 aliphatic heterocycles. The van der Waals surface area contributed by atoms with Gasteiger partial charge in [-0.1, -0.05) is 0 Å². The van der Waals surface area contributed by atoms with Gasteiger partial charge in [-0.15, -0.1) is 0 Å². The molecule has 1 aliphatic carbocycles. The van der Waals surface area contributed by atoms with Gasteiger partial charge in [0.25, 0.3) is 0 Å². The summed E-state index contributed by atoms with van der Waals surface area (Å²) in [6, 6.07) is 4.18. The number of nitrogens with two attached hydrogens (primary N) is 1. The molecule has 1 aliphatic rings. The first-order valence-corrected chi connectivity index (χ1v) is 4.90. The second-order valence-electron chi connectivity index (χ2n) is 3.60. The van der Waals surface area contributed by atoms with Crippen molar-refractivity contribution in [1.82, 2.24) is 4.98 Å². The lowest BCUT2D eigenvalue weighted by Crippen LogP contribution is -2.29. The number of anilines is 2. The number of aliphatic hydroxyl groups is 1. The molecule has 1 saturated carbocycles. The number of aliphatic hydroxyl groups excluding tert-OH is 1. The average molecular weight is 193 g/mol. The highest BCUT2D eigenvalue weighted by molar-refractivity contribution is 5.51. The van der Waals surface area contributed by atoms with Crippen molar-refractivity contribution in [2.45, 2.75) is 18.9 Å². The van der Waals surface area contributed by atoms with Crippen molar-refractivity contribution in [1.29, 1.82) is 0 Å². The zero-order chi connectivity index (χ0) is 9.97. The molecule has 1 fully saturated rings. The van der Waals surface area contributed by atoms with Crippen LogP contribution in [-0.4, -0.2) is 29.3 Å². The largest absolute Gasteiger partial charge is 0.399 e. The third-order valence-corrected chi connectivity index (χ3v) is 2.39. The molecule has 4 nitrogen and oxygen atoms in total. The van der Waals surface area contributed by atoms with E-state index >= 15 is 0 Å². The molecule has 0 aromatic carbocycles. The summed E-state index contributed by atoms with van der Waals surface area (Å²) in [6.07, 6.45) is 4.09. The third kappa shape index (κ3) is 1.96. The Morgan fingerprint density at radius 2 is 2.36 bits per heavy atom. The zero-order valence-electron chi connectivity index (χ0n) is 8.06. The van der Waals surface area contributed by atoms with Crippen LogP contribution in [-0.2, 0) is 0 Å². The van der Waals surface area contributed by atoms with Crippen molar-refractivity contribution in [2.24, 2.45) is 0 Å². The number of nitrogen functional groups attached to an aromatic ring is 1. The van der Waals surface area contributed by atoms with Gasteiger partial charge in [-0.25, -0.2) is 4.98 Å². The Morgan fingerprint density at radius 1 is 1.57 bits per heavy atom. The zero-order valence-corrected chi connectivity index (χ0v) is 8.06. The quantitative estimate of drug-likeness (QED) is 0.736. The van der Waals surface area contributed by atoms with E-state index in [4.69, 9.17) is 10.8 Å². The molecule has 3 N–H and O–H groups in total. The van der Waals surface area contributed by atoms with Crippen molar-refractivity contribution >= 4 is 11.5 Å². The Labute approximate surface area is 83.4 Å². The van der Waals surface area contributed by atoms with Crippen molar-refractivity contribution in [3.05, 3.63) is 18.3 Å². The maximum Gasteiger partial charge on any atom is 0.130 e. The Morgan fingerprint density at radius 3 is 2.93 bits per heavy atom. The monoisotopic (exact) mass is 193 g/mol. The van der Waals surface area contributed by atoms with E-state index in [9.17, 15) is 0 Å². The molecule has 0 unspecified atom stereocenters. The van der Waals surface area contributed by atoms with Crippen molar-refractivity contribution in [3.8, 4) is 0 Å². The molecule has 0 atom stereocenters. The summed E-state index contributed by atoms with van der Waals surface area (Å²) in [6.45, 7) is 0.800. The third-order valence-electron chi connectivity index (χ3n) is 2.39. The molecule has 2 rings (SSSR count). The van der Waals surface area contributed by atoms with Crippen LogP contribution in [0.15, 0.2) is 18.3 Å². The molecule has 14 heavy (non-hydrogen) atoms. The topological polar surface area (TPSA) is 62.4 Å². The van der Waals surface area contributed by atoms with Crippen LogP contribution < -0.4 is 10.6 Å². The molecule has 1 aromatic rings. The van der Waals surface area contributed by atoms with E-state index in [1.807, 2.05) is 6.07 Å². The first kappa shape index (κ1) is 9.27. The van der Waals surface area contributed by atoms with Crippen LogP contribution >= 0.6 is 0 Å². The molecule has 0 amide bonds. The van der Waals surface area contributed by atoms with Gasteiger partial charge in [0.1, 0.15) is 5.82 Å². The van der Waals surface area contributed by atoms with Crippen LogP contribution in [0.2, 0.25) is 0 Å². The number of nitrogens with zero attached hydrogens (tertiary/aromatic N) is 2. The fraction of sp³-hybridized carbons (Fsp3) is 0.500. The summed E-state index contributed by atoms with van der Waals surface area (Å²) in [5, 5.41) is 8.94. The van der Waals surface area contributed by atoms with E-state index in [0.29, 0.717) is 12.6 Å². The van der Waals surface area contributed by atoms with E-state index in [2.05, 4.69) is 9.88 Å². The highest BCUT2D eigenvalue weighted by Crippen LogP contribution is 2.30. The van der Waals surface area contributed by atoms with Crippen LogP contribution in [0.25, 0.3) is 0 Å². The van der Waals surface area contributed by atoms with Crippen molar-refractivity contribution < 1.29 is 5.11 Å². The summed E-state index contributed by atoms with van der Waals surface area (Å²) >= 11 is 0. The van der Waals surface area contributed by atoms with E-state index in [-0.39, 0.29) is 6.61 Å². The lowest BCUT2D eigenvalue weighted by Gasteiger charge is -2.22. The molecule has 0 saturated heterocycles. The second kappa shape index (κ2) is 3.84. The maximum atomic E-state index is 8.94. The minimum atomic E-state index is 0.160. The molecule has 0 bridgehead atoms. The minimum Gasteiger partial charge on any atom is -0.399 e. The normalized spacial score (nSPS) is 15.5. The molecule has 1 heterocycles. The lowest BCUT2D eigenvalue weighted by molar-refractivity contribution is 0.301. The number of aromatic nitrogens is 1. The number of hydrogen-bond acceptors (Lipinski definition) is 4. The van der Waals surface area contributed by atoms with Gasteiger partial charge in [0.2, 0.25) is 0 Å². The molecule has 0 radical (unpaired) electrons. The molecule has 4 heteroatoms. The van der Waals surface area contributed by atoms with E-state index in [1.165, 1.54) is 12.8 Å².